The van der Waals surface area contributed by atoms with Crippen molar-refractivity contribution in [1.29, 1.82) is 0 Å². The lowest BCUT2D eigenvalue weighted by Crippen LogP contribution is -2.38. The number of nitrogens with zero attached hydrogens (tertiary/aromatic N) is 1. The number of nitrogens with one attached hydrogen (secondary N) is 3. The maximum Gasteiger partial charge on any atom is 0.329 e. The molecule has 0 aliphatic heterocycles. The van der Waals surface area contributed by atoms with Gasteiger partial charge in [-0.2, -0.15) is 5.10 Å². The molecule has 1 saturated carbocycles. The van der Waals surface area contributed by atoms with Gasteiger partial charge in [0.2, 0.25) is 0 Å². The van der Waals surface area contributed by atoms with Crippen molar-refractivity contribution < 1.29 is 19.1 Å². The summed E-state index contributed by atoms with van der Waals surface area (Å²) in [7, 11) is 0. The van der Waals surface area contributed by atoms with Crippen LogP contribution in [0.4, 0.5) is 5.69 Å². The third-order valence-electron chi connectivity index (χ3n) is 4.56. The molecular weight excluding hydrogens is 384 g/mol. The fourth-order valence-corrected chi connectivity index (χ4v) is 2.57. The second-order valence-electron chi connectivity index (χ2n) is 7.12. The van der Waals surface area contributed by atoms with Crippen LogP contribution in [-0.4, -0.2) is 36.6 Å². The first-order valence-corrected chi connectivity index (χ1v) is 9.65. The van der Waals surface area contributed by atoms with Crippen LogP contribution in [0.3, 0.4) is 0 Å². The number of hydrazone groups is 1. The number of hydrogen-bond donors (Lipinski definition) is 3. The molecule has 8 heteroatoms. The van der Waals surface area contributed by atoms with Gasteiger partial charge in [-0.25, -0.2) is 5.43 Å². The maximum absolute atomic E-state index is 12.2. The van der Waals surface area contributed by atoms with E-state index in [0.717, 1.165) is 24.0 Å². The predicted molar refractivity (Wildman–Crippen MR) is 113 cm³/mol. The minimum Gasteiger partial charge on any atom is -0.483 e. The first-order chi connectivity index (χ1) is 14.4. The molecule has 8 nitrogen and oxygen atoms in total. The standard InChI is InChI=1S/C22H24N4O4/c1-14-7-8-18(11-15(14)2)24-20(27)13-30-19-6-4-3-5-16(19)12-23-26-22(29)21(28)25-17-9-10-17/h3-8,11-12,17H,9-10,13H2,1-2H3,(H,24,27)(H,25,28)(H,26,29)/b23-12-. The van der Waals surface area contributed by atoms with E-state index in [9.17, 15) is 14.4 Å². The first kappa shape index (κ1) is 21.0. The van der Waals surface area contributed by atoms with Gasteiger partial charge in [-0.1, -0.05) is 18.2 Å². The van der Waals surface area contributed by atoms with E-state index in [2.05, 4.69) is 21.2 Å². The number of carbonyl (C=O) groups is 3. The summed E-state index contributed by atoms with van der Waals surface area (Å²) in [6, 6.07) is 12.7. The molecule has 156 valence electrons. The number of amides is 3. The summed E-state index contributed by atoms with van der Waals surface area (Å²) in [6.45, 7) is 3.80. The van der Waals surface area contributed by atoms with E-state index in [-0.39, 0.29) is 18.6 Å². The molecule has 3 rings (SSSR count). The van der Waals surface area contributed by atoms with Crippen molar-refractivity contribution in [1.82, 2.24) is 10.7 Å². The fourth-order valence-electron chi connectivity index (χ4n) is 2.57. The van der Waals surface area contributed by atoms with E-state index in [1.54, 1.807) is 24.3 Å². The molecule has 1 aliphatic carbocycles. The van der Waals surface area contributed by atoms with E-state index in [1.165, 1.54) is 6.21 Å². The first-order valence-electron chi connectivity index (χ1n) is 9.65. The predicted octanol–water partition coefficient (Wildman–Crippen LogP) is 2.05. The summed E-state index contributed by atoms with van der Waals surface area (Å²) < 4.78 is 5.60. The van der Waals surface area contributed by atoms with E-state index in [4.69, 9.17) is 4.74 Å². The van der Waals surface area contributed by atoms with Crippen molar-refractivity contribution in [2.75, 3.05) is 11.9 Å². The molecule has 2 aromatic rings. The highest BCUT2D eigenvalue weighted by Gasteiger charge is 2.26. The molecule has 2 aromatic carbocycles. The molecule has 30 heavy (non-hydrogen) atoms. The number of rotatable bonds is 7. The molecule has 0 bridgehead atoms. The number of para-hydroxylation sites is 1. The number of ether oxygens (including phenoxy) is 1. The summed E-state index contributed by atoms with van der Waals surface area (Å²) in [4.78, 5) is 35.5. The molecule has 3 N–H and O–H groups in total. The van der Waals surface area contributed by atoms with Crippen LogP contribution in [0.15, 0.2) is 47.6 Å². The minimum atomic E-state index is -0.829. The lowest BCUT2D eigenvalue weighted by molar-refractivity contribution is -0.139. The van der Waals surface area contributed by atoms with Gasteiger partial charge in [-0.3, -0.25) is 14.4 Å². The summed E-state index contributed by atoms with van der Waals surface area (Å²) in [5.41, 5.74) is 5.67. The average Bonchev–Trinajstić information content (AvgIpc) is 3.54. The van der Waals surface area contributed by atoms with Crippen LogP contribution >= 0.6 is 0 Å². The zero-order chi connectivity index (χ0) is 21.5. The highest BCUT2D eigenvalue weighted by molar-refractivity contribution is 6.35. The topological polar surface area (TPSA) is 109 Å². The molecule has 0 radical (unpaired) electrons. The Bertz CT molecular complexity index is 983. The molecule has 1 aliphatic rings. The number of benzene rings is 2. The minimum absolute atomic E-state index is 0.0938. The van der Waals surface area contributed by atoms with Crippen molar-refractivity contribution in [2.45, 2.75) is 32.7 Å². The smallest absolute Gasteiger partial charge is 0.329 e. The van der Waals surface area contributed by atoms with Crippen LogP contribution in [0.5, 0.6) is 5.75 Å². The van der Waals surface area contributed by atoms with Crippen LogP contribution in [0.25, 0.3) is 0 Å². The summed E-state index contributed by atoms with van der Waals surface area (Å²) >= 11 is 0. The van der Waals surface area contributed by atoms with Crippen molar-refractivity contribution in [3.63, 3.8) is 0 Å². The SMILES string of the molecule is Cc1ccc(NC(=O)COc2ccccc2/C=N\NC(=O)C(=O)NC2CC2)cc1C. The Morgan fingerprint density at radius 3 is 2.57 bits per heavy atom. The van der Waals surface area contributed by atoms with Gasteiger partial charge in [0.1, 0.15) is 5.75 Å². The number of hydrogen-bond acceptors (Lipinski definition) is 5. The third kappa shape index (κ3) is 6.16. The molecule has 0 heterocycles. The van der Waals surface area contributed by atoms with Crippen LogP contribution in [-0.2, 0) is 14.4 Å². The quantitative estimate of drug-likeness (QED) is 0.370. The fraction of sp³-hybridized carbons (Fsp3) is 0.273. The highest BCUT2D eigenvalue weighted by Crippen LogP contribution is 2.18. The van der Waals surface area contributed by atoms with E-state index < -0.39 is 11.8 Å². The molecule has 1 fully saturated rings. The number of aryl methyl sites for hydroxylation is 2. The third-order valence-corrected chi connectivity index (χ3v) is 4.56. The zero-order valence-corrected chi connectivity index (χ0v) is 16.9. The summed E-state index contributed by atoms with van der Waals surface area (Å²) in [5, 5.41) is 9.17. The van der Waals surface area contributed by atoms with Gasteiger partial charge in [-0.05, 0) is 62.1 Å². The summed E-state index contributed by atoms with van der Waals surface area (Å²) in [5.74, 6) is -1.41. The van der Waals surface area contributed by atoms with Gasteiger partial charge in [0.25, 0.3) is 5.91 Å². The number of carbonyl (C=O) groups excluding carboxylic acids is 3. The largest absolute Gasteiger partial charge is 0.483 e. The normalized spacial score (nSPS) is 13.0. The van der Waals surface area contributed by atoms with Crippen molar-refractivity contribution in [3.8, 4) is 5.75 Å². The molecule has 0 saturated heterocycles. The van der Waals surface area contributed by atoms with Crippen molar-refractivity contribution >= 4 is 29.6 Å². The molecule has 0 atom stereocenters. The number of anilines is 1. The molecule has 3 amide bonds. The Hall–Kier alpha value is -3.68. The second kappa shape index (κ2) is 9.69. The van der Waals surface area contributed by atoms with Crippen molar-refractivity contribution in [2.24, 2.45) is 5.10 Å². The van der Waals surface area contributed by atoms with E-state index in [0.29, 0.717) is 17.0 Å². The van der Waals surface area contributed by atoms with E-state index in [1.807, 2.05) is 32.0 Å². The monoisotopic (exact) mass is 408 g/mol. The van der Waals surface area contributed by atoms with Gasteiger partial charge >= 0.3 is 11.8 Å². The Morgan fingerprint density at radius 2 is 1.83 bits per heavy atom. The lowest BCUT2D eigenvalue weighted by atomic mass is 10.1. The Balaban J connectivity index is 1.52. The van der Waals surface area contributed by atoms with Gasteiger partial charge in [0.15, 0.2) is 6.61 Å². The Kier molecular flexibility index (Phi) is 6.79. The maximum atomic E-state index is 12.2. The van der Waals surface area contributed by atoms with Gasteiger partial charge < -0.3 is 15.4 Å². The van der Waals surface area contributed by atoms with Gasteiger partial charge in [0.05, 0.1) is 6.21 Å². The van der Waals surface area contributed by atoms with Crippen molar-refractivity contribution in [3.05, 3.63) is 59.2 Å². The summed E-state index contributed by atoms with van der Waals surface area (Å²) in [6.07, 6.45) is 3.15. The molecular formula is C22H24N4O4. The molecule has 0 unspecified atom stereocenters. The lowest BCUT2D eigenvalue weighted by Gasteiger charge is -2.10. The van der Waals surface area contributed by atoms with Gasteiger partial charge in [-0.15, -0.1) is 0 Å². The molecule has 0 aromatic heterocycles. The van der Waals surface area contributed by atoms with Crippen LogP contribution in [0.1, 0.15) is 29.5 Å². The highest BCUT2D eigenvalue weighted by atomic mass is 16.5. The van der Waals surface area contributed by atoms with Crippen LogP contribution < -0.4 is 20.8 Å². The van der Waals surface area contributed by atoms with Crippen LogP contribution in [0, 0.1) is 13.8 Å². The average molecular weight is 408 g/mol. The Labute approximate surface area is 174 Å². The van der Waals surface area contributed by atoms with Gasteiger partial charge in [0, 0.05) is 17.3 Å². The zero-order valence-electron chi connectivity index (χ0n) is 16.9. The second-order valence-corrected chi connectivity index (χ2v) is 7.12. The van der Waals surface area contributed by atoms with E-state index >= 15 is 0 Å². The molecule has 0 spiro atoms. The Morgan fingerprint density at radius 1 is 1.07 bits per heavy atom. The van der Waals surface area contributed by atoms with Crippen LogP contribution in [0.2, 0.25) is 0 Å².